The number of hydrogen-bond acceptors (Lipinski definition) is 5. The van der Waals surface area contributed by atoms with E-state index in [4.69, 9.17) is 21.1 Å². The number of hydrogen-bond donors (Lipinski definition) is 1. The Morgan fingerprint density at radius 1 is 1.09 bits per heavy atom. The molecule has 0 saturated heterocycles. The maximum absolute atomic E-state index is 12.0. The van der Waals surface area contributed by atoms with E-state index in [1.54, 1.807) is 42.5 Å². The van der Waals surface area contributed by atoms with E-state index in [2.05, 4.69) is 15.3 Å². The molecular formula is C16H12ClN3O3. The molecule has 7 heteroatoms. The molecule has 3 rings (SSSR count). The first-order valence-electron chi connectivity index (χ1n) is 6.71. The molecule has 116 valence electrons. The quantitative estimate of drug-likeness (QED) is 0.788. The van der Waals surface area contributed by atoms with Crippen molar-refractivity contribution in [2.45, 2.75) is 0 Å². The Balaban J connectivity index is 1.87. The molecule has 0 aliphatic rings. The van der Waals surface area contributed by atoms with Crippen LogP contribution in [0.25, 0.3) is 11.0 Å². The number of ether oxygens (including phenoxy) is 2. The zero-order chi connectivity index (χ0) is 16.2. The Hall–Kier alpha value is -2.86. The van der Waals surface area contributed by atoms with Gasteiger partial charge in [-0.1, -0.05) is 29.8 Å². The van der Waals surface area contributed by atoms with Gasteiger partial charge in [0, 0.05) is 5.02 Å². The van der Waals surface area contributed by atoms with Gasteiger partial charge in [-0.15, -0.1) is 0 Å². The predicted molar refractivity (Wildman–Crippen MR) is 87.2 cm³/mol. The Morgan fingerprint density at radius 3 is 2.61 bits per heavy atom. The van der Waals surface area contributed by atoms with Gasteiger partial charge in [-0.25, -0.2) is 14.8 Å². The smallest absolute Gasteiger partial charge is 0.418 e. The fourth-order valence-electron chi connectivity index (χ4n) is 1.95. The highest BCUT2D eigenvalue weighted by Gasteiger charge is 2.14. The first kappa shape index (κ1) is 15.1. The van der Waals surface area contributed by atoms with Crippen molar-refractivity contribution in [1.82, 2.24) is 9.97 Å². The minimum Gasteiger partial charge on any atom is -0.478 e. The van der Waals surface area contributed by atoms with Gasteiger partial charge in [-0.2, -0.15) is 0 Å². The lowest BCUT2D eigenvalue weighted by Gasteiger charge is -2.10. The second-order valence-electron chi connectivity index (χ2n) is 4.54. The number of anilines is 1. The molecule has 1 heterocycles. The first-order valence-corrected chi connectivity index (χ1v) is 7.08. The van der Waals surface area contributed by atoms with Crippen LogP contribution >= 0.6 is 11.6 Å². The number of carbonyl (C=O) groups is 1. The van der Waals surface area contributed by atoms with Gasteiger partial charge >= 0.3 is 6.09 Å². The van der Waals surface area contributed by atoms with Crippen LogP contribution in [0.4, 0.5) is 10.6 Å². The van der Waals surface area contributed by atoms with E-state index >= 15 is 0 Å². The number of halogens is 1. The molecule has 0 atom stereocenters. The average Bonchev–Trinajstić information content (AvgIpc) is 2.55. The summed E-state index contributed by atoms with van der Waals surface area (Å²) in [4.78, 5) is 20.6. The van der Waals surface area contributed by atoms with Crippen LogP contribution in [0.1, 0.15) is 0 Å². The number of fused-ring (bicyclic) bond motifs is 1. The Kier molecular flexibility index (Phi) is 4.25. The van der Waals surface area contributed by atoms with Gasteiger partial charge in [0.25, 0.3) is 5.88 Å². The number of para-hydroxylation sites is 1. The molecule has 6 nitrogen and oxygen atoms in total. The summed E-state index contributed by atoms with van der Waals surface area (Å²) in [6.45, 7) is 0. The molecule has 0 fully saturated rings. The Morgan fingerprint density at radius 2 is 1.87 bits per heavy atom. The van der Waals surface area contributed by atoms with Gasteiger partial charge in [-0.05, 0) is 30.3 Å². The summed E-state index contributed by atoms with van der Waals surface area (Å²) in [7, 11) is 1.44. The molecule has 3 aromatic rings. The number of benzene rings is 2. The van der Waals surface area contributed by atoms with Gasteiger partial charge in [0.05, 0.1) is 18.1 Å². The third-order valence-corrected chi connectivity index (χ3v) is 3.20. The minimum atomic E-state index is -0.690. The van der Waals surface area contributed by atoms with Crippen molar-refractivity contribution < 1.29 is 14.3 Å². The van der Waals surface area contributed by atoms with Crippen molar-refractivity contribution in [3.8, 4) is 11.6 Å². The lowest BCUT2D eigenvalue weighted by Crippen LogP contribution is -2.18. The number of nitrogens with one attached hydrogen (secondary N) is 1. The van der Waals surface area contributed by atoms with Crippen LogP contribution in [0.3, 0.4) is 0 Å². The van der Waals surface area contributed by atoms with Gasteiger partial charge in [-0.3, -0.25) is 5.32 Å². The summed E-state index contributed by atoms with van der Waals surface area (Å²) < 4.78 is 10.3. The van der Waals surface area contributed by atoms with Gasteiger partial charge in [0.1, 0.15) is 5.75 Å². The van der Waals surface area contributed by atoms with Crippen molar-refractivity contribution in [2.24, 2.45) is 0 Å². The highest BCUT2D eigenvalue weighted by molar-refractivity contribution is 6.31. The molecule has 23 heavy (non-hydrogen) atoms. The molecule has 2 aromatic carbocycles. The highest BCUT2D eigenvalue weighted by atomic mass is 35.5. The molecule has 1 N–H and O–H groups in total. The van der Waals surface area contributed by atoms with E-state index in [1.807, 2.05) is 6.07 Å². The van der Waals surface area contributed by atoms with Gasteiger partial charge in [0.2, 0.25) is 0 Å². The Bertz CT molecular complexity index is 856. The van der Waals surface area contributed by atoms with E-state index in [1.165, 1.54) is 7.11 Å². The van der Waals surface area contributed by atoms with Crippen molar-refractivity contribution in [2.75, 3.05) is 12.4 Å². The number of amides is 1. The van der Waals surface area contributed by atoms with E-state index in [0.29, 0.717) is 21.8 Å². The van der Waals surface area contributed by atoms with E-state index in [0.717, 1.165) is 0 Å². The molecule has 0 aliphatic heterocycles. The fraction of sp³-hybridized carbons (Fsp3) is 0.0625. The van der Waals surface area contributed by atoms with Crippen LogP contribution in [0.5, 0.6) is 11.6 Å². The molecule has 1 aromatic heterocycles. The van der Waals surface area contributed by atoms with Crippen LogP contribution in [-0.2, 0) is 0 Å². The van der Waals surface area contributed by atoms with Crippen molar-refractivity contribution in [3.63, 3.8) is 0 Å². The van der Waals surface area contributed by atoms with Gasteiger partial charge in [0.15, 0.2) is 5.82 Å². The second kappa shape index (κ2) is 6.50. The van der Waals surface area contributed by atoms with Crippen LogP contribution in [0.2, 0.25) is 5.02 Å². The highest BCUT2D eigenvalue weighted by Crippen LogP contribution is 2.25. The number of aromatic nitrogens is 2. The van der Waals surface area contributed by atoms with E-state index in [-0.39, 0.29) is 11.7 Å². The molecule has 0 saturated carbocycles. The lowest BCUT2D eigenvalue weighted by atomic mass is 10.3. The molecule has 0 spiro atoms. The van der Waals surface area contributed by atoms with E-state index in [9.17, 15) is 4.79 Å². The van der Waals surface area contributed by atoms with E-state index < -0.39 is 6.09 Å². The second-order valence-corrected chi connectivity index (χ2v) is 4.98. The summed E-state index contributed by atoms with van der Waals surface area (Å²) in [6.07, 6.45) is -0.690. The zero-order valence-corrected chi connectivity index (χ0v) is 12.9. The maximum Gasteiger partial charge on any atom is 0.418 e. The summed E-state index contributed by atoms with van der Waals surface area (Å²) in [6, 6.07) is 13.8. The van der Waals surface area contributed by atoms with Gasteiger partial charge < -0.3 is 9.47 Å². The molecule has 0 bridgehead atoms. The monoisotopic (exact) mass is 329 g/mol. The van der Waals surface area contributed by atoms with Crippen LogP contribution in [0, 0.1) is 0 Å². The third-order valence-electron chi connectivity index (χ3n) is 2.96. The summed E-state index contributed by atoms with van der Waals surface area (Å²) >= 11 is 5.95. The van der Waals surface area contributed by atoms with Crippen LogP contribution < -0.4 is 14.8 Å². The number of nitrogens with zero attached hydrogens (tertiary/aromatic N) is 2. The SMILES string of the molecule is COc1nc2ccc(Cl)cc2nc1NC(=O)Oc1ccccc1. The summed E-state index contributed by atoms with van der Waals surface area (Å²) in [5.74, 6) is 0.758. The summed E-state index contributed by atoms with van der Waals surface area (Å²) in [5, 5.41) is 3.04. The average molecular weight is 330 g/mol. The molecule has 0 radical (unpaired) electrons. The van der Waals surface area contributed by atoms with Crippen LogP contribution in [-0.4, -0.2) is 23.2 Å². The molecule has 1 amide bonds. The topological polar surface area (TPSA) is 73.3 Å². The largest absolute Gasteiger partial charge is 0.478 e. The Labute approximate surface area is 137 Å². The normalized spacial score (nSPS) is 10.3. The number of rotatable bonds is 3. The van der Waals surface area contributed by atoms with Crippen molar-refractivity contribution >= 4 is 34.5 Å². The summed E-state index contributed by atoms with van der Waals surface area (Å²) in [5.41, 5.74) is 1.14. The maximum atomic E-state index is 12.0. The van der Waals surface area contributed by atoms with Crippen LogP contribution in [0.15, 0.2) is 48.5 Å². The standard InChI is InChI=1S/C16H12ClN3O3/c1-22-15-14(18-13-9-10(17)7-8-12(13)19-15)20-16(21)23-11-5-3-2-4-6-11/h2-9H,1H3,(H,18,20,21). The number of methoxy groups -OCH3 is 1. The first-order chi connectivity index (χ1) is 11.2. The lowest BCUT2D eigenvalue weighted by molar-refractivity contribution is 0.215. The predicted octanol–water partition coefficient (Wildman–Crippen LogP) is 3.90. The molecular weight excluding hydrogens is 318 g/mol. The molecule has 0 aliphatic carbocycles. The third kappa shape index (κ3) is 3.49. The fourth-order valence-corrected chi connectivity index (χ4v) is 2.12. The zero-order valence-electron chi connectivity index (χ0n) is 12.1. The van der Waals surface area contributed by atoms with Crippen molar-refractivity contribution in [1.29, 1.82) is 0 Å². The number of carbonyl (C=O) groups excluding carboxylic acids is 1. The minimum absolute atomic E-state index is 0.156. The van der Waals surface area contributed by atoms with Crippen molar-refractivity contribution in [3.05, 3.63) is 53.6 Å². The molecule has 0 unspecified atom stereocenters.